The Morgan fingerprint density at radius 1 is 0.341 bits per heavy atom. The third kappa shape index (κ3) is 4.21. The van der Waals surface area contributed by atoms with Crippen LogP contribution in [0.5, 0.6) is 0 Å². The second-order valence-electron chi connectivity index (χ2n) is 10.8. The lowest BCUT2D eigenvalue weighted by Crippen LogP contribution is -2.00. The quantitative estimate of drug-likeness (QED) is 0.203. The van der Waals surface area contributed by atoms with Gasteiger partial charge in [0.1, 0.15) is 0 Å². The number of thiophene rings is 2. The van der Waals surface area contributed by atoms with Gasteiger partial charge in [0.25, 0.3) is 0 Å². The fourth-order valence-corrected chi connectivity index (χ4v) is 8.27. The van der Waals surface area contributed by atoms with E-state index in [0.29, 0.717) is 17.5 Å². The predicted octanol–water partition coefficient (Wildman–Crippen LogP) is 11.3. The summed E-state index contributed by atoms with van der Waals surface area (Å²) in [5.74, 6) is 2.01. The normalized spacial score (nSPS) is 11.6. The molecule has 3 nitrogen and oxygen atoms in total. The lowest BCUT2D eigenvalue weighted by atomic mass is 10.0. The summed E-state index contributed by atoms with van der Waals surface area (Å²) < 4.78 is 5.03. The van der Waals surface area contributed by atoms with E-state index in [-0.39, 0.29) is 0 Å². The molecule has 3 aromatic heterocycles. The van der Waals surface area contributed by atoms with Crippen molar-refractivity contribution in [1.82, 2.24) is 15.0 Å². The molecule has 44 heavy (non-hydrogen) atoms. The minimum absolute atomic E-state index is 0.662. The van der Waals surface area contributed by atoms with Gasteiger partial charge in [0.05, 0.1) is 0 Å². The molecule has 0 aliphatic carbocycles. The molecule has 0 aliphatic heterocycles. The van der Waals surface area contributed by atoms with Crippen LogP contribution >= 0.6 is 22.7 Å². The molecule has 0 unspecified atom stereocenters. The van der Waals surface area contributed by atoms with Crippen LogP contribution in [-0.4, -0.2) is 15.0 Å². The first-order valence-corrected chi connectivity index (χ1v) is 16.2. The van der Waals surface area contributed by atoms with Gasteiger partial charge in [-0.15, -0.1) is 22.7 Å². The number of rotatable bonds is 4. The van der Waals surface area contributed by atoms with E-state index in [1.165, 1.54) is 40.3 Å². The molecule has 0 N–H and O–H groups in total. The molecule has 0 bridgehead atoms. The minimum Gasteiger partial charge on any atom is -0.208 e. The zero-order valence-corrected chi connectivity index (χ0v) is 25.1. The van der Waals surface area contributed by atoms with Crippen LogP contribution in [0.15, 0.2) is 140 Å². The SMILES string of the molecule is c1ccc(-c2cccc(-c3nc(-c4ccc5sc6ccccc6c5c4)nc(-c4cccc5sc6ccccc6c45)n3)c2)cc1. The maximum atomic E-state index is 5.17. The number of hydrogen-bond acceptors (Lipinski definition) is 5. The van der Waals surface area contributed by atoms with Crippen molar-refractivity contribution in [2.45, 2.75) is 0 Å². The van der Waals surface area contributed by atoms with Crippen LogP contribution in [0.25, 0.3) is 85.6 Å². The molecule has 9 rings (SSSR count). The Kier molecular flexibility index (Phi) is 5.86. The molecule has 5 heteroatoms. The summed E-state index contributed by atoms with van der Waals surface area (Å²) in [6, 6.07) is 49.1. The van der Waals surface area contributed by atoms with E-state index in [2.05, 4.69) is 133 Å². The molecule has 206 valence electrons. The summed E-state index contributed by atoms with van der Waals surface area (Å²) in [6.07, 6.45) is 0. The monoisotopic (exact) mass is 597 g/mol. The Balaban J connectivity index is 1.29. The average molecular weight is 598 g/mol. The van der Waals surface area contributed by atoms with Crippen LogP contribution < -0.4 is 0 Å². The van der Waals surface area contributed by atoms with Crippen molar-refractivity contribution >= 4 is 63.0 Å². The number of hydrogen-bond donors (Lipinski definition) is 0. The van der Waals surface area contributed by atoms with Crippen molar-refractivity contribution in [2.75, 3.05) is 0 Å². The van der Waals surface area contributed by atoms with Crippen molar-refractivity contribution in [2.24, 2.45) is 0 Å². The second-order valence-corrected chi connectivity index (χ2v) is 13.0. The highest BCUT2D eigenvalue weighted by Gasteiger charge is 2.18. The summed E-state index contributed by atoms with van der Waals surface area (Å²) in [5.41, 5.74) is 5.25. The highest BCUT2D eigenvalue weighted by atomic mass is 32.1. The zero-order valence-electron chi connectivity index (χ0n) is 23.4. The minimum atomic E-state index is 0.662. The Labute approximate surface area is 261 Å². The topological polar surface area (TPSA) is 38.7 Å². The fraction of sp³-hybridized carbons (Fsp3) is 0. The largest absolute Gasteiger partial charge is 0.208 e. The van der Waals surface area contributed by atoms with Crippen molar-refractivity contribution in [1.29, 1.82) is 0 Å². The van der Waals surface area contributed by atoms with Gasteiger partial charge >= 0.3 is 0 Å². The number of nitrogens with zero attached hydrogens (tertiary/aromatic N) is 3. The molecule has 0 spiro atoms. The van der Waals surface area contributed by atoms with E-state index in [0.717, 1.165) is 27.8 Å². The fourth-order valence-electron chi connectivity index (χ4n) is 6.05. The van der Waals surface area contributed by atoms with Crippen LogP contribution in [-0.2, 0) is 0 Å². The maximum absolute atomic E-state index is 5.17. The molecular formula is C39H23N3S2. The summed E-state index contributed by atoms with van der Waals surface area (Å²) >= 11 is 3.62. The Morgan fingerprint density at radius 3 is 1.75 bits per heavy atom. The molecular weight excluding hydrogens is 575 g/mol. The smallest absolute Gasteiger partial charge is 0.164 e. The first-order chi connectivity index (χ1) is 21.8. The lowest BCUT2D eigenvalue weighted by Gasteiger charge is -2.11. The Hall–Kier alpha value is -5.23. The van der Waals surface area contributed by atoms with Gasteiger partial charge in [0, 0.05) is 57.0 Å². The van der Waals surface area contributed by atoms with Crippen LogP contribution in [0.3, 0.4) is 0 Å². The molecule has 3 heterocycles. The van der Waals surface area contributed by atoms with E-state index in [1.54, 1.807) is 11.3 Å². The first-order valence-electron chi connectivity index (χ1n) is 14.5. The van der Waals surface area contributed by atoms with E-state index >= 15 is 0 Å². The highest BCUT2D eigenvalue weighted by molar-refractivity contribution is 7.26. The van der Waals surface area contributed by atoms with E-state index < -0.39 is 0 Å². The van der Waals surface area contributed by atoms with Crippen LogP contribution in [0.2, 0.25) is 0 Å². The first kappa shape index (κ1) is 25.3. The number of benzene rings is 6. The molecule has 0 radical (unpaired) electrons. The van der Waals surface area contributed by atoms with Gasteiger partial charge in [-0.1, -0.05) is 97.1 Å². The van der Waals surface area contributed by atoms with Crippen LogP contribution in [0.1, 0.15) is 0 Å². The maximum Gasteiger partial charge on any atom is 0.164 e. The molecule has 0 aliphatic rings. The molecule has 0 amide bonds. The van der Waals surface area contributed by atoms with Crippen molar-refractivity contribution < 1.29 is 0 Å². The molecule has 0 fully saturated rings. The molecule has 0 saturated carbocycles. The van der Waals surface area contributed by atoms with Gasteiger partial charge in [0.2, 0.25) is 0 Å². The zero-order chi connectivity index (χ0) is 29.0. The summed E-state index contributed by atoms with van der Waals surface area (Å²) in [6.45, 7) is 0. The second kappa shape index (κ2) is 10.2. The number of fused-ring (bicyclic) bond motifs is 6. The Morgan fingerprint density at radius 2 is 0.909 bits per heavy atom. The highest BCUT2D eigenvalue weighted by Crippen LogP contribution is 2.40. The average Bonchev–Trinajstić information content (AvgIpc) is 3.67. The van der Waals surface area contributed by atoms with Gasteiger partial charge in [-0.2, -0.15) is 0 Å². The van der Waals surface area contributed by atoms with Gasteiger partial charge in [0.15, 0.2) is 17.5 Å². The summed E-state index contributed by atoms with van der Waals surface area (Å²) in [4.78, 5) is 15.5. The third-order valence-electron chi connectivity index (χ3n) is 8.14. The predicted molar refractivity (Wildman–Crippen MR) is 187 cm³/mol. The lowest BCUT2D eigenvalue weighted by molar-refractivity contribution is 1.08. The van der Waals surface area contributed by atoms with Crippen LogP contribution in [0.4, 0.5) is 0 Å². The van der Waals surface area contributed by atoms with E-state index in [4.69, 9.17) is 15.0 Å². The Bertz CT molecular complexity index is 2510. The van der Waals surface area contributed by atoms with Gasteiger partial charge in [-0.05, 0) is 53.6 Å². The summed E-state index contributed by atoms with van der Waals surface area (Å²) in [5, 5.41) is 4.90. The molecule has 6 aromatic carbocycles. The van der Waals surface area contributed by atoms with Crippen molar-refractivity contribution in [3.8, 4) is 45.3 Å². The van der Waals surface area contributed by atoms with Gasteiger partial charge < -0.3 is 0 Å². The third-order valence-corrected chi connectivity index (χ3v) is 10.4. The molecule has 9 aromatic rings. The van der Waals surface area contributed by atoms with Crippen molar-refractivity contribution in [3.05, 3.63) is 140 Å². The molecule has 0 saturated heterocycles. The van der Waals surface area contributed by atoms with Gasteiger partial charge in [-0.3, -0.25) is 0 Å². The van der Waals surface area contributed by atoms with E-state index in [1.807, 2.05) is 17.4 Å². The van der Waals surface area contributed by atoms with Gasteiger partial charge in [-0.25, -0.2) is 15.0 Å². The molecule has 0 atom stereocenters. The van der Waals surface area contributed by atoms with E-state index in [9.17, 15) is 0 Å². The van der Waals surface area contributed by atoms with Crippen LogP contribution in [0, 0.1) is 0 Å². The number of aromatic nitrogens is 3. The summed E-state index contributed by atoms with van der Waals surface area (Å²) in [7, 11) is 0. The van der Waals surface area contributed by atoms with Crippen molar-refractivity contribution in [3.63, 3.8) is 0 Å². The standard InChI is InChI=1S/C39H23N3S2/c1-2-10-24(11-3-1)25-12-8-13-26(22-25)37-40-38(27-20-21-34-31(23-27)28-14-4-6-17-32(28)43-34)42-39(41-37)30-16-9-19-35-36(30)29-15-5-7-18-33(29)44-35/h1-23H.